The van der Waals surface area contributed by atoms with Gasteiger partial charge in [-0.1, -0.05) is 34.1 Å². The summed E-state index contributed by atoms with van der Waals surface area (Å²) in [6, 6.07) is 14.7. The first-order chi connectivity index (χ1) is 12.6. The molecule has 0 saturated carbocycles. The molecule has 0 unspecified atom stereocenters. The average molecular weight is 418 g/mol. The second-order valence-electron chi connectivity index (χ2n) is 6.06. The minimum absolute atomic E-state index is 0.176. The number of hydrogen-bond acceptors (Lipinski definition) is 4. The number of amides is 1. The molecule has 0 radical (unpaired) electrons. The monoisotopic (exact) mass is 417 g/mol. The van der Waals surface area contributed by atoms with Gasteiger partial charge < -0.3 is 14.4 Å². The third kappa shape index (κ3) is 5.08. The molecule has 2 aromatic carbocycles. The summed E-state index contributed by atoms with van der Waals surface area (Å²) in [6.07, 6.45) is 1.55. The molecule has 0 aromatic heterocycles. The normalized spacial score (nSPS) is 13.7. The van der Waals surface area contributed by atoms with Crippen molar-refractivity contribution in [1.29, 1.82) is 0 Å². The molecule has 1 amide bonds. The average Bonchev–Trinajstić information content (AvgIpc) is 3.04. The van der Waals surface area contributed by atoms with Gasteiger partial charge >= 0.3 is 5.97 Å². The van der Waals surface area contributed by atoms with Gasteiger partial charge in [-0.05, 0) is 42.3 Å². The fraction of sp³-hybridized carbons (Fsp3) is 0.300. The van der Waals surface area contributed by atoms with Crippen LogP contribution in [0.2, 0.25) is 0 Å². The van der Waals surface area contributed by atoms with Crippen molar-refractivity contribution in [2.24, 2.45) is 0 Å². The van der Waals surface area contributed by atoms with Crippen LogP contribution < -0.4 is 4.74 Å². The third-order valence-corrected chi connectivity index (χ3v) is 4.61. The van der Waals surface area contributed by atoms with Crippen LogP contribution in [-0.4, -0.2) is 36.5 Å². The van der Waals surface area contributed by atoms with Gasteiger partial charge in [-0.2, -0.15) is 0 Å². The lowest BCUT2D eigenvalue weighted by atomic mass is 10.1. The van der Waals surface area contributed by atoms with Crippen LogP contribution in [0, 0.1) is 0 Å². The Balaban J connectivity index is 1.43. The van der Waals surface area contributed by atoms with Crippen LogP contribution in [0.15, 0.2) is 53.0 Å². The van der Waals surface area contributed by atoms with Gasteiger partial charge in [0.05, 0.1) is 5.56 Å². The predicted molar refractivity (Wildman–Crippen MR) is 101 cm³/mol. The number of hydrogen-bond donors (Lipinski definition) is 0. The molecule has 6 heteroatoms. The van der Waals surface area contributed by atoms with E-state index in [-0.39, 0.29) is 25.1 Å². The molecule has 136 valence electrons. The van der Waals surface area contributed by atoms with Gasteiger partial charge in [0, 0.05) is 24.0 Å². The Hall–Kier alpha value is -2.34. The number of halogens is 1. The fourth-order valence-electron chi connectivity index (χ4n) is 2.77. The van der Waals surface area contributed by atoms with Crippen molar-refractivity contribution in [3.05, 3.63) is 64.1 Å². The van der Waals surface area contributed by atoms with E-state index in [2.05, 4.69) is 15.9 Å². The van der Waals surface area contributed by atoms with Crippen molar-refractivity contribution < 1.29 is 19.1 Å². The van der Waals surface area contributed by atoms with E-state index in [1.54, 1.807) is 12.1 Å². The maximum absolute atomic E-state index is 12.1. The highest BCUT2D eigenvalue weighted by atomic mass is 79.9. The van der Waals surface area contributed by atoms with Gasteiger partial charge in [0.1, 0.15) is 19.0 Å². The molecule has 0 N–H and O–H groups in total. The largest absolute Gasteiger partial charge is 0.490 e. The number of esters is 1. The summed E-state index contributed by atoms with van der Waals surface area (Å²) in [5, 5.41) is 0. The zero-order valence-electron chi connectivity index (χ0n) is 14.3. The highest BCUT2D eigenvalue weighted by Gasteiger charge is 2.20. The topological polar surface area (TPSA) is 55.8 Å². The second-order valence-corrected chi connectivity index (χ2v) is 6.97. The highest BCUT2D eigenvalue weighted by molar-refractivity contribution is 9.10. The lowest BCUT2D eigenvalue weighted by molar-refractivity contribution is -0.128. The summed E-state index contributed by atoms with van der Waals surface area (Å²) in [5.74, 6) is 0.529. The summed E-state index contributed by atoms with van der Waals surface area (Å²) < 4.78 is 11.7. The molecule has 0 aliphatic carbocycles. The van der Waals surface area contributed by atoms with Crippen molar-refractivity contribution in [2.45, 2.75) is 19.4 Å². The van der Waals surface area contributed by atoms with Crippen LogP contribution in [0.25, 0.3) is 0 Å². The zero-order valence-corrected chi connectivity index (χ0v) is 15.9. The highest BCUT2D eigenvalue weighted by Crippen LogP contribution is 2.18. The Morgan fingerprint density at radius 2 is 1.92 bits per heavy atom. The van der Waals surface area contributed by atoms with E-state index in [0.717, 1.165) is 28.8 Å². The predicted octanol–water partition coefficient (Wildman–Crippen LogP) is 3.81. The first-order valence-corrected chi connectivity index (χ1v) is 9.33. The van der Waals surface area contributed by atoms with Crippen molar-refractivity contribution >= 4 is 27.8 Å². The molecule has 1 aliphatic heterocycles. The van der Waals surface area contributed by atoms with Crippen LogP contribution >= 0.6 is 15.9 Å². The van der Waals surface area contributed by atoms with Gasteiger partial charge in [0.15, 0.2) is 0 Å². The molecule has 1 heterocycles. The molecular weight excluding hydrogens is 398 g/mol. The van der Waals surface area contributed by atoms with Crippen LogP contribution in [0.3, 0.4) is 0 Å². The lowest BCUT2D eigenvalue weighted by Gasteiger charge is -2.15. The molecule has 0 spiro atoms. The Bertz CT molecular complexity index is 776. The minimum atomic E-state index is -0.383. The molecule has 1 saturated heterocycles. The number of benzene rings is 2. The van der Waals surface area contributed by atoms with E-state index >= 15 is 0 Å². The minimum Gasteiger partial charge on any atom is -0.490 e. The maximum Gasteiger partial charge on any atom is 0.338 e. The summed E-state index contributed by atoms with van der Waals surface area (Å²) in [4.78, 5) is 25.6. The Morgan fingerprint density at radius 1 is 1.12 bits per heavy atom. The van der Waals surface area contributed by atoms with E-state index in [0.29, 0.717) is 18.5 Å². The van der Waals surface area contributed by atoms with Gasteiger partial charge in [0.2, 0.25) is 5.91 Å². The van der Waals surface area contributed by atoms with Crippen LogP contribution in [0.4, 0.5) is 0 Å². The molecule has 26 heavy (non-hydrogen) atoms. The molecule has 1 fully saturated rings. The number of likely N-dealkylation sites (tertiary alicyclic amines) is 1. The molecule has 0 atom stereocenters. The second kappa shape index (κ2) is 8.85. The van der Waals surface area contributed by atoms with E-state index < -0.39 is 0 Å². The number of carbonyl (C=O) groups excluding carboxylic acids is 2. The van der Waals surface area contributed by atoms with Crippen molar-refractivity contribution in [3.8, 4) is 5.75 Å². The van der Waals surface area contributed by atoms with Crippen molar-refractivity contribution in [1.82, 2.24) is 4.90 Å². The van der Waals surface area contributed by atoms with E-state index in [1.807, 2.05) is 41.3 Å². The number of carbonyl (C=O) groups is 2. The van der Waals surface area contributed by atoms with Crippen LogP contribution in [0.5, 0.6) is 5.75 Å². The summed E-state index contributed by atoms with van der Waals surface area (Å²) in [5.41, 5.74) is 1.50. The fourth-order valence-corrected chi connectivity index (χ4v) is 3.15. The van der Waals surface area contributed by atoms with Crippen LogP contribution in [-0.2, 0) is 16.1 Å². The van der Waals surface area contributed by atoms with E-state index in [9.17, 15) is 9.59 Å². The molecule has 0 bridgehead atoms. The first-order valence-electron chi connectivity index (χ1n) is 8.54. The summed E-state index contributed by atoms with van der Waals surface area (Å²) in [7, 11) is 0. The first kappa shape index (κ1) is 18.5. The zero-order chi connectivity index (χ0) is 18.4. The van der Waals surface area contributed by atoms with E-state index in [4.69, 9.17) is 9.47 Å². The van der Waals surface area contributed by atoms with Crippen LogP contribution in [0.1, 0.15) is 28.8 Å². The number of ether oxygens (including phenoxy) is 2. The SMILES string of the molecule is O=C(OCCOc1cccc(Br)c1)c1ccc(CN2CCCC2=O)cc1. The summed E-state index contributed by atoms with van der Waals surface area (Å²) in [6.45, 7) is 1.86. The standard InChI is InChI=1S/C20H20BrNO4/c21-17-3-1-4-18(13-17)25-11-12-26-20(24)16-8-6-15(7-9-16)14-22-10-2-5-19(22)23/h1,3-4,6-9,13H,2,5,10-12,14H2. The molecule has 2 aromatic rings. The van der Waals surface area contributed by atoms with Gasteiger partial charge in [0.25, 0.3) is 0 Å². The Labute approximate surface area is 161 Å². The number of rotatable bonds is 7. The lowest BCUT2D eigenvalue weighted by Crippen LogP contribution is -2.23. The molecule has 5 nitrogen and oxygen atoms in total. The van der Waals surface area contributed by atoms with Gasteiger partial charge in [-0.3, -0.25) is 4.79 Å². The maximum atomic E-state index is 12.1. The van der Waals surface area contributed by atoms with Crippen molar-refractivity contribution in [2.75, 3.05) is 19.8 Å². The van der Waals surface area contributed by atoms with E-state index in [1.165, 1.54) is 0 Å². The molecular formula is C20H20BrNO4. The Morgan fingerprint density at radius 3 is 2.62 bits per heavy atom. The van der Waals surface area contributed by atoms with Gasteiger partial charge in [-0.15, -0.1) is 0 Å². The summed E-state index contributed by atoms with van der Waals surface area (Å²) >= 11 is 3.37. The molecule has 1 aliphatic rings. The van der Waals surface area contributed by atoms with Crippen molar-refractivity contribution in [3.63, 3.8) is 0 Å². The molecule has 3 rings (SSSR count). The third-order valence-electron chi connectivity index (χ3n) is 4.12. The Kier molecular flexibility index (Phi) is 6.28. The number of nitrogens with zero attached hydrogens (tertiary/aromatic N) is 1. The quantitative estimate of drug-likeness (QED) is 0.507. The smallest absolute Gasteiger partial charge is 0.338 e. The van der Waals surface area contributed by atoms with Gasteiger partial charge in [-0.25, -0.2) is 4.79 Å².